The van der Waals surface area contributed by atoms with E-state index >= 15 is 0 Å². The Morgan fingerprint density at radius 1 is 1.12 bits per heavy atom. The van der Waals surface area contributed by atoms with Crippen molar-refractivity contribution in [2.24, 2.45) is 5.41 Å². The number of benzene rings is 1. The molecule has 4 rings (SSSR count). The molecule has 1 heterocycles. The molecule has 0 atom stereocenters. The Morgan fingerprint density at radius 3 is 2.28 bits per heavy atom. The third-order valence-electron chi connectivity index (χ3n) is 6.21. The van der Waals surface area contributed by atoms with Crippen molar-refractivity contribution in [3.05, 3.63) is 23.8 Å². The monoisotopic (exact) mass is 364 g/mol. The number of aromatic carboxylic acids is 1. The van der Waals surface area contributed by atoms with Crippen molar-refractivity contribution in [2.45, 2.75) is 50.2 Å². The number of carbonyl (C=O) groups is 1. The van der Waals surface area contributed by atoms with E-state index in [1.165, 1.54) is 18.9 Å². The van der Waals surface area contributed by atoms with Crippen molar-refractivity contribution in [1.29, 1.82) is 0 Å². The lowest BCUT2D eigenvalue weighted by atomic mass is 9.93. The van der Waals surface area contributed by atoms with E-state index < -0.39 is 20.7 Å². The zero-order chi connectivity index (χ0) is 17.9. The Labute approximate surface area is 148 Å². The summed E-state index contributed by atoms with van der Waals surface area (Å²) in [7, 11) is -3.44. The minimum atomic E-state index is -3.44. The molecule has 2 saturated carbocycles. The molecule has 0 amide bonds. The van der Waals surface area contributed by atoms with E-state index in [1.54, 1.807) is 19.1 Å². The number of rotatable bonds is 5. The lowest BCUT2D eigenvalue weighted by Crippen LogP contribution is -2.35. The van der Waals surface area contributed by atoms with Gasteiger partial charge in [0.2, 0.25) is 10.0 Å². The van der Waals surface area contributed by atoms with E-state index in [4.69, 9.17) is 0 Å². The summed E-state index contributed by atoms with van der Waals surface area (Å²) in [5, 5.41) is 9.51. The molecule has 0 aromatic heterocycles. The molecule has 25 heavy (non-hydrogen) atoms. The second kappa shape index (κ2) is 5.37. The molecule has 0 bridgehead atoms. The van der Waals surface area contributed by atoms with Crippen LogP contribution in [0.4, 0.5) is 11.4 Å². The van der Waals surface area contributed by atoms with Gasteiger partial charge in [0, 0.05) is 13.1 Å². The number of carboxylic acids is 1. The van der Waals surface area contributed by atoms with Crippen LogP contribution in [0.3, 0.4) is 0 Å². The first-order chi connectivity index (χ1) is 11.7. The standard InChI is InChI=1S/C18H24N2O4S/c1-17(4-5-17)25(23,24)19-13-2-3-14(16(21)22)15(12-13)20-10-8-18(6-7-18)9-11-20/h2-3,12,19H,4-11H2,1H3,(H,21,22). The van der Waals surface area contributed by atoms with Crippen LogP contribution in [-0.2, 0) is 10.0 Å². The summed E-state index contributed by atoms with van der Waals surface area (Å²) in [4.78, 5) is 13.7. The number of nitrogens with zero attached hydrogens (tertiary/aromatic N) is 1. The third-order valence-corrected chi connectivity index (χ3v) is 8.42. The Kier molecular flexibility index (Phi) is 3.58. The van der Waals surface area contributed by atoms with Crippen molar-refractivity contribution >= 4 is 27.4 Å². The normalized spacial score (nSPS) is 23.3. The first-order valence-corrected chi connectivity index (χ1v) is 10.4. The van der Waals surface area contributed by atoms with Crippen molar-refractivity contribution in [2.75, 3.05) is 22.7 Å². The minimum Gasteiger partial charge on any atom is -0.478 e. The molecule has 1 spiro atoms. The molecule has 2 aliphatic carbocycles. The maximum absolute atomic E-state index is 12.4. The summed E-state index contributed by atoms with van der Waals surface area (Å²) in [6, 6.07) is 4.73. The summed E-state index contributed by atoms with van der Waals surface area (Å²) in [6.07, 6.45) is 6.06. The first kappa shape index (κ1) is 16.7. The maximum Gasteiger partial charge on any atom is 0.337 e. The molecule has 0 unspecified atom stereocenters. The van der Waals surface area contributed by atoms with Crippen LogP contribution < -0.4 is 9.62 Å². The maximum atomic E-state index is 12.4. The van der Waals surface area contributed by atoms with Gasteiger partial charge in [-0.05, 0) is 69.1 Å². The van der Waals surface area contributed by atoms with Gasteiger partial charge in [-0.15, -0.1) is 0 Å². The van der Waals surface area contributed by atoms with Gasteiger partial charge in [-0.3, -0.25) is 4.72 Å². The van der Waals surface area contributed by atoms with Crippen molar-refractivity contribution in [3.8, 4) is 0 Å². The van der Waals surface area contributed by atoms with Crippen molar-refractivity contribution in [1.82, 2.24) is 0 Å². The number of nitrogens with one attached hydrogen (secondary N) is 1. The number of piperidine rings is 1. The molecule has 3 fully saturated rings. The Balaban J connectivity index is 1.61. The third kappa shape index (κ3) is 2.99. The second-order valence-corrected chi connectivity index (χ2v) is 10.3. The molecular weight excluding hydrogens is 340 g/mol. The van der Waals surface area contributed by atoms with Gasteiger partial charge in [-0.25, -0.2) is 13.2 Å². The zero-order valence-electron chi connectivity index (χ0n) is 14.4. The van der Waals surface area contributed by atoms with Crippen molar-refractivity contribution in [3.63, 3.8) is 0 Å². The molecule has 1 aromatic rings. The zero-order valence-corrected chi connectivity index (χ0v) is 15.2. The fourth-order valence-corrected chi connectivity index (χ4v) is 4.98. The van der Waals surface area contributed by atoms with Gasteiger partial charge in [0.05, 0.1) is 21.7 Å². The molecule has 136 valence electrons. The molecule has 3 aliphatic rings. The van der Waals surface area contributed by atoms with Crippen LogP contribution in [0.15, 0.2) is 18.2 Å². The average molecular weight is 364 g/mol. The largest absolute Gasteiger partial charge is 0.478 e. The van der Waals surface area contributed by atoms with Crippen LogP contribution >= 0.6 is 0 Å². The fraction of sp³-hybridized carbons (Fsp3) is 0.611. The highest BCUT2D eigenvalue weighted by Crippen LogP contribution is 2.54. The quantitative estimate of drug-likeness (QED) is 0.838. The molecule has 2 N–H and O–H groups in total. The Hall–Kier alpha value is -1.76. The van der Waals surface area contributed by atoms with E-state index in [-0.39, 0.29) is 5.56 Å². The van der Waals surface area contributed by atoms with Crippen molar-refractivity contribution < 1.29 is 18.3 Å². The average Bonchev–Trinajstić information content (AvgIpc) is 3.47. The van der Waals surface area contributed by atoms with E-state index in [1.807, 2.05) is 0 Å². The summed E-state index contributed by atoms with van der Waals surface area (Å²) in [6.45, 7) is 3.39. The van der Waals surface area contributed by atoms with Gasteiger partial charge < -0.3 is 10.0 Å². The molecule has 0 radical (unpaired) electrons. The molecule has 7 heteroatoms. The SMILES string of the molecule is CC1(S(=O)(=O)Nc2ccc(C(=O)O)c(N3CCC4(CC3)CC4)c2)CC1. The van der Waals surface area contributed by atoms with Gasteiger partial charge in [0.1, 0.15) is 0 Å². The van der Waals surface area contributed by atoms with E-state index in [0.717, 1.165) is 25.9 Å². The van der Waals surface area contributed by atoms with E-state index in [2.05, 4.69) is 9.62 Å². The number of sulfonamides is 1. The molecule has 1 aromatic carbocycles. The minimum absolute atomic E-state index is 0.229. The highest BCUT2D eigenvalue weighted by molar-refractivity contribution is 7.94. The van der Waals surface area contributed by atoms with Crippen LogP contribution in [0.2, 0.25) is 0 Å². The smallest absolute Gasteiger partial charge is 0.337 e. The fourth-order valence-electron chi connectivity index (χ4n) is 3.66. The summed E-state index contributed by atoms with van der Waals surface area (Å²) in [5.74, 6) is -0.981. The lowest BCUT2D eigenvalue weighted by molar-refractivity contribution is 0.0697. The highest BCUT2D eigenvalue weighted by atomic mass is 32.2. The number of carboxylic acid groups (broad SMARTS) is 1. The Morgan fingerprint density at radius 2 is 1.76 bits per heavy atom. The van der Waals surface area contributed by atoms with Gasteiger partial charge in [-0.2, -0.15) is 0 Å². The summed E-state index contributed by atoms with van der Waals surface area (Å²) >= 11 is 0. The highest BCUT2D eigenvalue weighted by Gasteiger charge is 2.50. The lowest BCUT2D eigenvalue weighted by Gasteiger charge is -2.34. The summed E-state index contributed by atoms with van der Waals surface area (Å²) < 4.78 is 26.8. The molecular formula is C18H24N2O4S. The first-order valence-electron chi connectivity index (χ1n) is 8.88. The van der Waals surface area contributed by atoms with Crippen LogP contribution in [0.1, 0.15) is 55.8 Å². The Bertz CT molecular complexity index is 815. The number of hydrogen-bond acceptors (Lipinski definition) is 4. The van der Waals surface area contributed by atoms with Crippen LogP contribution in [0.25, 0.3) is 0 Å². The van der Waals surface area contributed by atoms with Crippen LogP contribution in [0.5, 0.6) is 0 Å². The van der Waals surface area contributed by atoms with Gasteiger partial charge >= 0.3 is 5.97 Å². The number of anilines is 2. The van der Waals surface area contributed by atoms with E-state index in [9.17, 15) is 18.3 Å². The van der Waals surface area contributed by atoms with Gasteiger partial charge in [-0.1, -0.05) is 0 Å². The molecule has 1 saturated heterocycles. The van der Waals surface area contributed by atoms with Gasteiger partial charge in [0.15, 0.2) is 0 Å². The van der Waals surface area contributed by atoms with E-state index in [0.29, 0.717) is 29.6 Å². The predicted octanol–water partition coefficient (Wildman–Crippen LogP) is 3.06. The van der Waals surface area contributed by atoms with Crippen LogP contribution in [-0.4, -0.2) is 37.3 Å². The second-order valence-electron chi connectivity index (χ2n) is 8.08. The number of hydrogen-bond donors (Lipinski definition) is 2. The van der Waals surface area contributed by atoms with Gasteiger partial charge in [0.25, 0.3) is 0 Å². The predicted molar refractivity (Wildman–Crippen MR) is 96.7 cm³/mol. The summed E-state index contributed by atoms with van der Waals surface area (Å²) in [5.41, 5.74) is 1.79. The van der Waals surface area contributed by atoms with Crippen LogP contribution in [0, 0.1) is 5.41 Å². The topological polar surface area (TPSA) is 86.7 Å². The molecule has 6 nitrogen and oxygen atoms in total. The molecule has 1 aliphatic heterocycles.